The van der Waals surface area contributed by atoms with Gasteiger partial charge in [-0.05, 0) is 17.7 Å². The average molecular weight is 253 g/mol. The monoisotopic (exact) mass is 253 g/mol. The Morgan fingerprint density at radius 2 is 1.78 bits per heavy atom. The van der Waals surface area contributed by atoms with Crippen LogP contribution >= 0.6 is 0 Å². The first-order chi connectivity index (χ1) is 8.43. The molecule has 0 fully saturated rings. The van der Waals surface area contributed by atoms with Crippen LogP contribution in [-0.2, 0) is 6.54 Å². The van der Waals surface area contributed by atoms with Gasteiger partial charge in [-0.2, -0.15) is 0 Å². The maximum Gasteiger partial charge on any atom is 0.195 e. The molecule has 0 aromatic heterocycles. The van der Waals surface area contributed by atoms with Crippen LogP contribution in [0.15, 0.2) is 23.2 Å². The van der Waals surface area contributed by atoms with Crippen LogP contribution in [0.2, 0.25) is 0 Å². The van der Waals surface area contributed by atoms with Crippen LogP contribution < -0.4 is 4.74 Å². The highest BCUT2D eigenvalue weighted by molar-refractivity contribution is 5.79. The fourth-order valence-electron chi connectivity index (χ4n) is 1.67. The first-order valence-corrected chi connectivity index (χ1v) is 5.66. The van der Waals surface area contributed by atoms with Crippen molar-refractivity contribution in [3.63, 3.8) is 0 Å². The second-order valence-corrected chi connectivity index (χ2v) is 4.40. The first kappa shape index (κ1) is 14.3. The van der Waals surface area contributed by atoms with Gasteiger partial charge >= 0.3 is 0 Å². The summed E-state index contributed by atoms with van der Waals surface area (Å²) >= 11 is 0. The molecule has 0 spiro atoms. The van der Waals surface area contributed by atoms with Crippen molar-refractivity contribution in [2.45, 2.75) is 6.54 Å². The molecule has 0 saturated carbocycles. The van der Waals surface area contributed by atoms with Crippen molar-refractivity contribution in [1.29, 1.82) is 0 Å². The summed E-state index contributed by atoms with van der Waals surface area (Å²) in [6.07, 6.45) is 0. The van der Waals surface area contributed by atoms with Gasteiger partial charge < -0.3 is 14.5 Å². The molecule has 0 saturated heterocycles. The summed E-state index contributed by atoms with van der Waals surface area (Å²) in [7, 11) is 9.21. The van der Waals surface area contributed by atoms with Gasteiger partial charge in [0, 0.05) is 34.3 Å². The van der Waals surface area contributed by atoms with Crippen molar-refractivity contribution >= 4 is 5.96 Å². The number of halogens is 1. The molecule has 0 bridgehead atoms. The number of rotatable bonds is 3. The van der Waals surface area contributed by atoms with Gasteiger partial charge in [-0.15, -0.1) is 0 Å². The van der Waals surface area contributed by atoms with E-state index in [4.69, 9.17) is 4.74 Å². The predicted octanol–water partition coefficient (Wildman–Crippen LogP) is 1.81. The van der Waals surface area contributed by atoms with Crippen LogP contribution in [0.1, 0.15) is 5.56 Å². The van der Waals surface area contributed by atoms with Crippen molar-refractivity contribution in [2.75, 3.05) is 35.3 Å². The number of hydrogen-bond donors (Lipinski definition) is 0. The van der Waals surface area contributed by atoms with Crippen molar-refractivity contribution in [3.05, 3.63) is 29.6 Å². The van der Waals surface area contributed by atoms with Gasteiger partial charge in [0.25, 0.3) is 0 Å². The standard InChI is InChI=1S/C13H20FN3O/c1-16(2)13(17(3)4)15-9-10-6-11(14)8-12(7-10)18-5/h6-8H,9H2,1-5H3. The van der Waals surface area contributed by atoms with Gasteiger partial charge in [0.05, 0.1) is 13.7 Å². The number of benzene rings is 1. The highest BCUT2D eigenvalue weighted by Crippen LogP contribution is 2.16. The third-order valence-corrected chi connectivity index (χ3v) is 2.37. The number of methoxy groups -OCH3 is 1. The van der Waals surface area contributed by atoms with Gasteiger partial charge in [-0.3, -0.25) is 0 Å². The molecule has 1 aromatic rings. The minimum Gasteiger partial charge on any atom is -0.497 e. The van der Waals surface area contributed by atoms with Gasteiger partial charge in [0.1, 0.15) is 11.6 Å². The van der Waals surface area contributed by atoms with Gasteiger partial charge in [0.2, 0.25) is 0 Å². The molecule has 18 heavy (non-hydrogen) atoms. The van der Waals surface area contributed by atoms with Crippen LogP contribution in [0, 0.1) is 5.82 Å². The van der Waals surface area contributed by atoms with E-state index in [0.29, 0.717) is 12.3 Å². The summed E-state index contributed by atoms with van der Waals surface area (Å²) < 4.78 is 18.3. The van der Waals surface area contributed by atoms with E-state index in [1.54, 1.807) is 6.07 Å². The zero-order chi connectivity index (χ0) is 13.7. The maximum absolute atomic E-state index is 13.3. The lowest BCUT2D eigenvalue weighted by Crippen LogP contribution is -2.35. The van der Waals surface area contributed by atoms with E-state index < -0.39 is 0 Å². The number of ether oxygens (including phenoxy) is 1. The molecule has 100 valence electrons. The topological polar surface area (TPSA) is 28.1 Å². The van der Waals surface area contributed by atoms with E-state index in [0.717, 1.165) is 11.5 Å². The van der Waals surface area contributed by atoms with Crippen LogP contribution in [0.5, 0.6) is 5.75 Å². The van der Waals surface area contributed by atoms with Crippen molar-refractivity contribution in [1.82, 2.24) is 9.80 Å². The van der Waals surface area contributed by atoms with E-state index in [2.05, 4.69) is 4.99 Å². The Hall–Kier alpha value is -1.78. The molecule has 0 radical (unpaired) electrons. The summed E-state index contributed by atoms with van der Waals surface area (Å²) in [5.74, 6) is 1.03. The highest BCUT2D eigenvalue weighted by atomic mass is 19.1. The van der Waals surface area contributed by atoms with Crippen LogP contribution in [0.4, 0.5) is 4.39 Å². The summed E-state index contributed by atoms with van der Waals surface area (Å²) in [4.78, 5) is 8.28. The Morgan fingerprint density at radius 1 is 1.17 bits per heavy atom. The number of guanidine groups is 1. The predicted molar refractivity (Wildman–Crippen MR) is 71.5 cm³/mol. The zero-order valence-electron chi connectivity index (χ0n) is 11.6. The van der Waals surface area contributed by atoms with Crippen molar-refractivity contribution in [2.24, 2.45) is 4.99 Å². The van der Waals surface area contributed by atoms with Crippen LogP contribution in [-0.4, -0.2) is 51.1 Å². The summed E-state index contributed by atoms with van der Waals surface area (Å²) in [6.45, 7) is 0.416. The van der Waals surface area contributed by atoms with Crippen molar-refractivity contribution < 1.29 is 9.13 Å². The lowest BCUT2D eigenvalue weighted by Gasteiger charge is -2.22. The normalized spacial score (nSPS) is 9.89. The number of hydrogen-bond acceptors (Lipinski definition) is 2. The average Bonchev–Trinajstić information content (AvgIpc) is 2.27. The molecule has 1 rings (SSSR count). The lowest BCUT2D eigenvalue weighted by molar-refractivity contribution is 0.410. The molecule has 0 aliphatic heterocycles. The molecule has 0 amide bonds. The third kappa shape index (κ3) is 3.91. The van der Waals surface area contributed by atoms with Crippen molar-refractivity contribution in [3.8, 4) is 5.75 Å². The molecule has 0 aliphatic carbocycles. The summed E-state index contributed by atoms with van der Waals surface area (Å²) in [5.41, 5.74) is 0.785. The Morgan fingerprint density at radius 3 is 2.28 bits per heavy atom. The molecule has 0 N–H and O–H groups in total. The van der Waals surface area contributed by atoms with E-state index in [-0.39, 0.29) is 5.82 Å². The summed E-state index contributed by atoms with van der Waals surface area (Å²) in [5, 5.41) is 0. The largest absolute Gasteiger partial charge is 0.497 e. The highest BCUT2D eigenvalue weighted by Gasteiger charge is 2.05. The Kier molecular flexibility index (Phi) is 4.95. The zero-order valence-corrected chi connectivity index (χ0v) is 11.6. The second-order valence-electron chi connectivity index (χ2n) is 4.40. The minimum absolute atomic E-state index is 0.309. The molecule has 5 heteroatoms. The van der Waals surface area contributed by atoms with Gasteiger partial charge in [-0.25, -0.2) is 9.38 Å². The first-order valence-electron chi connectivity index (χ1n) is 5.66. The van der Waals surface area contributed by atoms with E-state index in [1.807, 2.05) is 38.0 Å². The lowest BCUT2D eigenvalue weighted by atomic mass is 10.2. The Bertz CT molecular complexity index is 420. The van der Waals surface area contributed by atoms with Crippen LogP contribution in [0.25, 0.3) is 0 Å². The smallest absolute Gasteiger partial charge is 0.195 e. The Labute approximate surface area is 108 Å². The fourth-order valence-corrected chi connectivity index (χ4v) is 1.67. The Balaban J connectivity index is 2.90. The fraction of sp³-hybridized carbons (Fsp3) is 0.462. The van der Waals surface area contributed by atoms with E-state index in [9.17, 15) is 4.39 Å². The molecule has 0 heterocycles. The maximum atomic E-state index is 13.3. The third-order valence-electron chi connectivity index (χ3n) is 2.37. The molecule has 0 unspecified atom stereocenters. The quantitative estimate of drug-likeness (QED) is 0.607. The van der Waals surface area contributed by atoms with Gasteiger partial charge in [0.15, 0.2) is 5.96 Å². The molecule has 4 nitrogen and oxygen atoms in total. The molecular weight excluding hydrogens is 233 g/mol. The molecule has 0 aliphatic rings. The minimum atomic E-state index is -0.309. The van der Waals surface area contributed by atoms with E-state index >= 15 is 0 Å². The number of nitrogens with zero attached hydrogens (tertiary/aromatic N) is 3. The molecular formula is C13H20FN3O. The van der Waals surface area contributed by atoms with Crippen LogP contribution in [0.3, 0.4) is 0 Å². The second kappa shape index (κ2) is 6.23. The number of aliphatic imine (C=N–C) groups is 1. The summed E-state index contributed by atoms with van der Waals surface area (Å²) in [6, 6.07) is 4.61. The van der Waals surface area contributed by atoms with Gasteiger partial charge in [-0.1, -0.05) is 0 Å². The molecule has 0 atom stereocenters. The SMILES string of the molecule is COc1cc(F)cc(CN=C(N(C)C)N(C)C)c1. The van der Waals surface area contributed by atoms with E-state index in [1.165, 1.54) is 19.2 Å². The molecule has 1 aromatic carbocycles.